The maximum atomic E-state index is 12.3. The Balaban J connectivity index is 2.11. The highest BCUT2D eigenvalue weighted by Gasteiger charge is 2.22. The second-order valence-electron chi connectivity index (χ2n) is 5.93. The third-order valence-corrected chi connectivity index (χ3v) is 3.21. The van der Waals surface area contributed by atoms with Crippen molar-refractivity contribution in [2.45, 2.75) is 32.3 Å². The summed E-state index contributed by atoms with van der Waals surface area (Å²) >= 11 is 0. The maximum absolute atomic E-state index is 12.3. The summed E-state index contributed by atoms with van der Waals surface area (Å²) in [6, 6.07) is 11.2. The van der Waals surface area contributed by atoms with Crippen molar-refractivity contribution in [2.24, 2.45) is 0 Å². The Bertz CT molecular complexity index is 599. The van der Waals surface area contributed by atoms with E-state index in [1.165, 1.54) is 7.11 Å². The van der Waals surface area contributed by atoms with Crippen molar-refractivity contribution in [3.8, 4) is 0 Å². The van der Waals surface area contributed by atoms with Gasteiger partial charge in [0.15, 0.2) is 11.9 Å². The summed E-state index contributed by atoms with van der Waals surface area (Å²) in [6.45, 7) is 6.23. The molecule has 1 atom stereocenters. The average molecular weight is 287 g/mol. The molecule has 21 heavy (non-hydrogen) atoms. The van der Waals surface area contributed by atoms with E-state index in [4.69, 9.17) is 4.74 Å². The van der Waals surface area contributed by atoms with Gasteiger partial charge in [-0.05, 0) is 5.56 Å². The Labute approximate surface area is 124 Å². The van der Waals surface area contributed by atoms with Crippen molar-refractivity contribution in [3.05, 3.63) is 47.7 Å². The second-order valence-corrected chi connectivity index (χ2v) is 5.93. The Morgan fingerprint density at radius 3 is 2.48 bits per heavy atom. The van der Waals surface area contributed by atoms with Crippen molar-refractivity contribution < 1.29 is 9.53 Å². The van der Waals surface area contributed by atoms with Crippen LogP contribution < -0.4 is 5.32 Å². The van der Waals surface area contributed by atoms with Crippen molar-refractivity contribution in [1.82, 2.24) is 10.2 Å². The number of hydrogen-bond donors (Lipinski definition) is 2. The Hall–Kier alpha value is -2.14. The van der Waals surface area contributed by atoms with Gasteiger partial charge in [0, 0.05) is 24.3 Å². The summed E-state index contributed by atoms with van der Waals surface area (Å²) in [5.74, 6) is 0.263. The van der Waals surface area contributed by atoms with E-state index < -0.39 is 6.10 Å². The molecule has 0 saturated carbocycles. The standard InChI is InChI=1S/C16H21N3O2/c1-16(2,3)12-10-13(19-18-12)17-15(20)14(21-4)11-8-6-5-7-9-11/h5-10,14H,1-4H3,(H2,17,18,19,20). The third-order valence-electron chi connectivity index (χ3n) is 3.21. The predicted molar refractivity (Wildman–Crippen MR) is 82.1 cm³/mol. The monoisotopic (exact) mass is 287 g/mol. The molecule has 0 saturated heterocycles. The van der Waals surface area contributed by atoms with Crippen LogP contribution in [0.2, 0.25) is 0 Å². The minimum atomic E-state index is -0.652. The molecule has 2 aromatic rings. The highest BCUT2D eigenvalue weighted by atomic mass is 16.5. The van der Waals surface area contributed by atoms with Gasteiger partial charge < -0.3 is 10.1 Å². The first-order chi connectivity index (χ1) is 9.91. The van der Waals surface area contributed by atoms with Crippen LogP contribution >= 0.6 is 0 Å². The summed E-state index contributed by atoms with van der Waals surface area (Å²) in [5.41, 5.74) is 1.73. The first-order valence-corrected chi connectivity index (χ1v) is 6.86. The van der Waals surface area contributed by atoms with E-state index in [0.717, 1.165) is 11.3 Å². The number of ether oxygens (including phenoxy) is 1. The van der Waals surface area contributed by atoms with E-state index in [-0.39, 0.29) is 11.3 Å². The molecular weight excluding hydrogens is 266 g/mol. The second kappa shape index (κ2) is 6.10. The number of nitrogens with zero attached hydrogens (tertiary/aromatic N) is 1. The number of nitrogens with one attached hydrogen (secondary N) is 2. The van der Waals surface area contributed by atoms with Gasteiger partial charge in [-0.2, -0.15) is 5.10 Å². The highest BCUT2D eigenvalue weighted by molar-refractivity contribution is 5.94. The van der Waals surface area contributed by atoms with Crippen LogP contribution in [-0.2, 0) is 14.9 Å². The first-order valence-electron chi connectivity index (χ1n) is 6.86. The number of rotatable bonds is 4. The molecule has 1 aromatic carbocycles. The van der Waals surface area contributed by atoms with Gasteiger partial charge in [0.1, 0.15) is 0 Å². The number of anilines is 1. The topological polar surface area (TPSA) is 67.0 Å². The fourth-order valence-corrected chi connectivity index (χ4v) is 1.98. The van der Waals surface area contributed by atoms with E-state index in [1.807, 2.05) is 36.4 Å². The molecule has 0 fully saturated rings. The number of aromatic amines is 1. The zero-order valence-corrected chi connectivity index (χ0v) is 12.8. The third kappa shape index (κ3) is 3.70. The summed E-state index contributed by atoms with van der Waals surface area (Å²) in [7, 11) is 1.52. The number of methoxy groups -OCH3 is 1. The Morgan fingerprint density at radius 2 is 1.95 bits per heavy atom. The van der Waals surface area contributed by atoms with Crippen LogP contribution in [0.15, 0.2) is 36.4 Å². The van der Waals surface area contributed by atoms with Crippen molar-refractivity contribution in [3.63, 3.8) is 0 Å². The molecule has 1 unspecified atom stereocenters. The Kier molecular flexibility index (Phi) is 4.43. The van der Waals surface area contributed by atoms with Crippen molar-refractivity contribution >= 4 is 11.7 Å². The van der Waals surface area contributed by atoms with Crippen LogP contribution in [-0.4, -0.2) is 23.2 Å². The summed E-state index contributed by atoms with van der Waals surface area (Å²) in [5, 5.41) is 9.84. The van der Waals surface area contributed by atoms with Crippen molar-refractivity contribution in [2.75, 3.05) is 12.4 Å². The van der Waals surface area contributed by atoms with Crippen LogP contribution in [0.3, 0.4) is 0 Å². The lowest BCUT2D eigenvalue weighted by Gasteiger charge is -2.15. The van der Waals surface area contributed by atoms with Crippen LogP contribution in [0.25, 0.3) is 0 Å². The van der Waals surface area contributed by atoms with E-state index >= 15 is 0 Å². The largest absolute Gasteiger partial charge is 0.367 e. The zero-order chi connectivity index (χ0) is 15.5. The van der Waals surface area contributed by atoms with Gasteiger partial charge in [-0.15, -0.1) is 0 Å². The molecule has 0 aliphatic carbocycles. The summed E-state index contributed by atoms with van der Waals surface area (Å²) < 4.78 is 5.29. The number of benzene rings is 1. The van der Waals surface area contributed by atoms with Crippen molar-refractivity contribution in [1.29, 1.82) is 0 Å². The quantitative estimate of drug-likeness (QED) is 0.908. The molecule has 2 rings (SSSR count). The fraction of sp³-hybridized carbons (Fsp3) is 0.375. The number of aromatic nitrogens is 2. The van der Waals surface area contributed by atoms with Gasteiger partial charge in [0.05, 0.1) is 0 Å². The molecular formula is C16H21N3O2. The summed E-state index contributed by atoms with van der Waals surface area (Å²) in [4.78, 5) is 12.3. The summed E-state index contributed by atoms with van der Waals surface area (Å²) in [6.07, 6.45) is -0.652. The molecule has 5 nitrogen and oxygen atoms in total. The highest BCUT2D eigenvalue weighted by Crippen LogP contribution is 2.23. The van der Waals surface area contributed by atoms with Gasteiger partial charge in [-0.3, -0.25) is 9.89 Å². The van der Waals surface area contributed by atoms with Crippen LogP contribution in [0, 0.1) is 0 Å². The average Bonchev–Trinajstić information content (AvgIpc) is 2.89. The molecule has 0 spiro atoms. The van der Waals surface area contributed by atoms with Crippen LogP contribution in [0.5, 0.6) is 0 Å². The maximum Gasteiger partial charge on any atom is 0.259 e. The molecule has 2 N–H and O–H groups in total. The minimum Gasteiger partial charge on any atom is -0.367 e. The number of H-pyrrole nitrogens is 1. The molecule has 1 heterocycles. The van der Waals surface area contributed by atoms with Gasteiger partial charge >= 0.3 is 0 Å². The molecule has 1 aromatic heterocycles. The lowest BCUT2D eigenvalue weighted by atomic mass is 9.92. The van der Waals surface area contributed by atoms with E-state index in [9.17, 15) is 4.79 Å². The smallest absolute Gasteiger partial charge is 0.259 e. The lowest BCUT2D eigenvalue weighted by molar-refractivity contribution is -0.126. The molecule has 112 valence electrons. The molecule has 0 aliphatic heterocycles. The number of hydrogen-bond acceptors (Lipinski definition) is 3. The van der Waals surface area contributed by atoms with Gasteiger partial charge in [-0.25, -0.2) is 0 Å². The molecule has 0 bridgehead atoms. The zero-order valence-electron chi connectivity index (χ0n) is 12.8. The number of carbonyl (C=O) groups is 1. The predicted octanol–water partition coefficient (Wildman–Crippen LogP) is 3.03. The van der Waals surface area contributed by atoms with Crippen LogP contribution in [0.4, 0.5) is 5.82 Å². The Morgan fingerprint density at radius 1 is 1.29 bits per heavy atom. The van der Waals surface area contributed by atoms with Gasteiger partial charge in [0.25, 0.3) is 5.91 Å². The SMILES string of the molecule is COC(C(=O)Nc1cc(C(C)(C)C)[nH]n1)c1ccccc1. The normalized spacial score (nSPS) is 13.0. The van der Waals surface area contributed by atoms with E-state index in [0.29, 0.717) is 5.82 Å². The molecule has 0 aliphatic rings. The molecule has 1 amide bonds. The minimum absolute atomic E-state index is 0.0456. The van der Waals surface area contributed by atoms with E-state index in [1.54, 1.807) is 0 Å². The fourth-order valence-electron chi connectivity index (χ4n) is 1.98. The molecule has 5 heteroatoms. The van der Waals surface area contributed by atoms with E-state index in [2.05, 4.69) is 36.3 Å². The lowest BCUT2D eigenvalue weighted by Crippen LogP contribution is -2.22. The first kappa shape index (κ1) is 15.3. The molecule has 0 radical (unpaired) electrons. The van der Waals surface area contributed by atoms with Gasteiger partial charge in [-0.1, -0.05) is 51.1 Å². The van der Waals surface area contributed by atoms with Gasteiger partial charge in [0.2, 0.25) is 0 Å². The number of carbonyl (C=O) groups excluding carboxylic acids is 1. The number of amides is 1. The van der Waals surface area contributed by atoms with Crippen LogP contribution in [0.1, 0.15) is 38.1 Å².